The summed E-state index contributed by atoms with van der Waals surface area (Å²) in [6, 6.07) is 6.96. The lowest BCUT2D eigenvalue weighted by atomic mass is 10.0. The van der Waals surface area contributed by atoms with Crippen molar-refractivity contribution in [2.45, 2.75) is 26.4 Å². The molecule has 1 aromatic rings. The summed E-state index contributed by atoms with van der Waals surface area (Å²) >= 11 is 0. The van der Waals surface area contributed by atoms with E-state index in [1.54, 1.807) is 0 Å². The molecule has 4 heteroatoms. The van der Waals surface area contributed by atoms with Crippen molar-refractivity contribution < 1.29 is 4.79 Å². The minimum absolute atomic E-state index is 0.116. The first kappa shape index (κ1) is 12.7. The molecule has 0 aromatic heterocycles. The Hall–Kier alpha value is -1.39. The van der Waals surface area contributed by atoms with Gasteiger partial charge in [0, 0.05) is 12.2 Å². The standard InChI is InChI=1S/C12H19N3O/c1-8(2)11(14)12(16)15-10-6-4-3-5-9(10)7-13/h3-6,8,11H,7,13-14H2,1-2H3,(H,15,16). The molecule has 0 saturated carbocycles. The average molecular weight is 221 g/mol. The highest BCUT2D eigenvalue weighted by Gasteiger charge is 2.17. The van der Waals surface area contributed by atoms with Crippen molar-refractivity contribution in [2.24, 2.45) is 17.4 Å². The Kier molecular flexibility index (Phi) is 4.46. The second kappa shape index (κ2) is 5.63. The lowest BCUT2D eigenvalue weighted by molar-refractivity contribution is -0.118. The van der Waals surface area contributed by atoms with Crippen molar-refractivity contribution in [1.29, 1.82) is 0 Å². The monoisotopic (exact) mass is 221 g/mol. The first-order valence-electron chi connectivity index (χ1n) is 5.40. The Morgan fingerprint density at radius 2 is 2.00 bits per heavy atom. The van der Waals surface area contributed by atoms with Gasteiger partial charge in [0.15, 0.2) is 0 Å². The van der Waals surface area contributed by atoms with Crippen molar-refractivity contribution in [3.8, 4) is 0 Å². The number of rotatable bonds is 4. The Labute approximate surface area is 96.0 Å². The minimum atomic E-state index is -0.495. The number of hydrogen-bond donors (Lipinski definition) is 3. The normalized spacial score (nSPS) is 12.6. The number of nitrogens with one attached hydrogen (secondary N) is 1. The van der Waals surface area contributed by atoms with Crippen LogP contribution in [0.1, 0.15) is 19.4 Å². The summed E-state index contributed by atoms with van der Waals surface area (Å²) in [5.41, 5.74) is 13.0. The van der Waals surface area contributed by atoms with E-state index >= 15 is 0 Å². The molecule has 0 heterocycles. The lowest BCUT2D eigenvalue weighted by Crippen LogP contribution is -2.40. The number of nitrogens with two attached hydrogens (primary N) is 2. The van der Waals surface area contributed by atoms with E-state index in [4.69, 9.17) is 11.5 Å². The molecule has 16 heavy (non-hydrogen) atoms. The summed E-state index contributed by atoms with van der Waals surface area (Å²) in [7, 11) is 0. The molecule has 0 fully saturated rings. The van der Waals surface area contributed by atoms with E-state index in [9.17, 15) is 4.79 Å². The molecule has 0 aliphatic rings. The van der Waals surface area contributed by atoms with Crippen LogP contribution in [0.5, 0.6) is 0 Å². The number of benzene rings is 1. The van der Waals surface area contributed by atoms with E-state index in [-0.39, 0.29) is 11.8 Å². The molecule has 0 aliphatic heterocycles. The number of carbonyl (C=O) groups excluding carboxylic acids is 1. The van der Waals surface area contributed by atoms with Gasteiger partial charge in [-0.1, -0.05) is 32.0 Å². The molecule has 0 radical (unpaired) electrons. The van der Waals surface area contributed by atoms with Crippen LogP contribution in [0.4, 0.5) is 5.69 Å². The Morgan fingerprint density at radius 1 is 1.38 bits per heavy atom. The highest BCUT2D eigenvalue weighted by Crippen LogP contribution is 2.14. The van der Waals surface area contributed by atoms with Crippen LogP contribution in [0.3, 0.4) is 0 Å². The topological polar surface area (TPSA) is 81.1 Å². The fourth-order valence-corrected chi connectivity index (χ4v) is 1.34. The van der Waals surface area contributed by atoms with E-state index in [0.29, 0.717) is 6.54 Å². The number of hydrogen-bond acceptors (Lipinski definition) is 3. The van der Waals surface area contributed by atoms with Crippen LogP contribution in [0.2, 0.25) is 0 Å². The second-order valence-electron chi connectivity index (χ2n) is 4.12. The minimum Gasteiger partial charge on any atom is -0.326 e. The van der Waals surface area contributed by atoms with Gasteiger partial charge >= 0.3 is 0 Å². The van der Waals surface area contributed by atoms with Crippen LogP contribution in [0, 0.1) is 5.92 Å². The Balaban J connectivity index is 2.76. The summed E-state index contributed by atoms with van der Waals surface area (Å²) < 4.78 is 0. The molecule has 5 N–H and O–H groups in total. The first-order chi connectivity index (χ1) is 7.56. The third-order valence-electron chi connectivity index (χ3n) is 2.52. The van der Waals surface area contributed by atoms with Crippen molar-refractivity contribution in [2.75, 3.05) is 5.32 Å². The van der Waals surface area contributed by atoms with Crippen LogP contribution in [-0.4, -0.2) is 11.9 Å². The van der Waals surface area contributed by atoms with Crippen LogP contribution in [-0.2, 0) is 11.3 Å². The van der Waals surface area contributed by atoms with E-state index in [1.807, 2.05) is 38.1 Å². The molecule has 1 unspecified atom stereocenters. The number of para-hydroxylation sites is 1. The van der Waals surface area contributed by atoms with Gasteiger partial charge in [-0.3, -0.25) is 4.79 Å². The maximum atomic E-state index is 11.7. The quantitative estimate of drug-likeness (QED) is 0.711. The zero-order valence-corrected chi connectivity index (χ0v) is 9.73. The Morgan fingerprint density at radius 3 is 2.56 bits per heavy atom. The van der Waals surface area contributed by atoms with E-state index in [0.717, 1.165) is 11.3 Å². The van der Waals surface area contributed by atoms with Gasteiger partial charge in [-0.2, -0.15) is 0 Å². The van der Waals surface area contributed by atoms with Gasteiger partial charge in [-0.15, -0.1) is 0 Å². The Bertz CT molecular complexity index is 363. The maximum absolute atomic E-state index is 11.7. The van der Waals surface area contributed by atoms with Gasteiger partial charge in [-0.25, -0.2) is 0 Å². The predicted molar refractivity (Wildman–Crippen MR) is 65.8 cm³/mol. The fraction of sp³-hybridized carbons (Fsp3) is 0.417. The highest BCUT2D eigenvalue weighted by atomic mass is 16.2. The van der Waals surface area contributed by atoms with E-state index < -0.39 is 6.04 Å². The van der Waals surface area contributed by atoms with Gasteiger partial charge in [0.05, 0.1) is 6.04 Å². The molecule has 1 amide bonds. The van der Waals surface area contributed by atoms with Gasteiger partial charge in [-0.05, 0) is 17.5 Å². The second-order valence-corrected chi connectivity index (χ2v) is 4.12. The number of amides is 1. The van der Waals surface area contributed by atoms with Gasteiger partial charge in [0.2, 0.25) is 5.91 Å². The van der Waals surface area contributed by atoms with Gasteiger partial charge in [0.25, 0.3) is 0 Å². The van der Waals surface area contributed by atoms with Crippen LogP contribution in [0.15, 0.2) is 24.3 Å². The first-order valence-corrected chi connectivity index (χ1v) is 5.40. The van der Waals surface area contributed by atoms with Crippen LogP contribution in [0.25, 0.3) is 0 Å². The molecular formula is C12H19N3O. The maximum Gasteiger partial charge on any atom is 0.241 e. The van der Waals surface area contributed by atoms with Gasteiger partial charge < -0.3 is 16.8 Å². The summed E-state index contributed by atoms with van der Waals surface area (Å²) in [6.45, 7) is 4.23. The molecule has 1 atom stereocenters. The summed E-state index contributed by atoms with van der Waals surface area (Å²) in [5.74, 6) is -0.0547. The molecule has 0 aliphatic carbocycles. The molecule has 0 saturated heterocycles. The molecule has 88 valence electrons. The van der Waals surface area contributed by atoms with Crippen molar-refractivity contribution in [3.63, 3.8) is 0 Å². The van der Waals surface area contributed by atoms with E-state index in [2.05, 4.69) is 5.32 Å². The lowest BCUT2D eigenvalue weighted by Gasteiger charge is -2.16. The molecule has 4 nitrogen and oxygen atoms in total. The highest BCUT2D eigenvalue weighted by molar-refractivity contribution is 5.95. The zero-order chi connectivity index (χ0) is 12.1. The van der Waals surface area contributed by atoms with Crippen molar-refractivity contribution >= 4 is 11.6 Å². The number of anilines is 1. The summed E-state index contributed by atoms with van der Waals surface area (Å²) in [5, 5.41) is 2.80. The van der Waals surface area contributed by atoms with Crippen molar-refractivity contribution in [1.82, 2.24) is 0 Å². The SMILES string of the molecule is CC(C)C(N)C(=O)Nc1ccccc1CN. The third kappa shape index (κ3) is 3.05. The van der Waals surface area contributed by atoms with Crippen molar-refractivity contribution in [3.05, 3.63) is 29.8 Å². The van der Waals surface area contributed by atoms with Crippen LogP contribution >= 0.6 is 0 Å². The molecule has 0 spiro atoms. The molecule has 1 rings (SSSR count). The van der Waals surface area contributed by atoms with Gasteiger partial charge in [0.1, 0.15) is 0 Å². The predicted octanol–water partition coefficient (Wildman–Crippen LogP) is 1.07. The van der Waals surface area contributed by atoms with E-state index in [1.165, 1.54) is 0 Å². The molecule has 1 aromatic carbocycles. The molecular weight excluding hydrogens is 202 g/mol. The fourth-order valence-electron chi connectivity index (χ4n) is 1.34. The largest absolute Gasteiger partial charge is 0.326 e. The smallest absolute Gasteiger partial charge is 0.241 e. The average Bonchev–Trinajstić information content (AvgIpc) is 2.28. The summed E-state index contributed by atoms with van der Waals surface area (Å²) in [4.78, 5) is 11.7. The third-order valence-corrected chi connectivity index (χ3v) is 2.52. The zero-order valence-electron chi connectivity index (χ0n) is 9.73. The summed E-state index contributed by atoms with van der Waals surface area (Å²) in [6.07, 6.45) is 0. The van der Waals surface area contributed by atoms with Crippen LogP contribution < -0.4 is 16.8 Å². The molecule has 0 bridgehead atoms. The number of carbonyl (C=O) groups is 1.